The minimum Gasteiger partial charge on any atom is -0.491 e. The van der Waals surface area contributed by atoms with Crippen LogP contribution in [0.1, 0.15) is 45.1 Å². The fourth-order valence-corrected chi connectivity index (χ4v) is 2.82. The van der Waals surface area contributed by atoms with E-state index in [4.69, 9.17) is 10.5 Å². The van der Waals surface area contributed by atoms with Crippen LogP contribution in [-0.2, 0) is 5.41 Å². The van der Waals surface area contributed by atoms with Crippen molar-refractivity contribution in [2.45, 2.75) is 51.0 Å². The van der Waals surface area contributed by atoms with Crippen LogP contribution in [0.5, 0.6) is 5.75 Å². The monoisotopic (exact) mass is 233 g/mol. The van der Waals surface area contributed by atoms with Crippen molar-refractivity contribution in [3.8, 4) is 5.75 Å². The van der Waals surface area contributed by atoms with E-state index >= 15 is 0 Å². The summed E-state index contributed by atoms with van der Waals surface area (Å²) in [4.78, 5) is 0. The SMILES string of the molecule is CC(C)Oc1ccc(C2(CN)CCCC2)cc1. The molecular formula is C15H23NO. The molecule has 0 atom stereocenters. The van der Waals surface area contributed by atoms with Gasteiger partial charge in [-0.15, -0.1) is 0 Å². The topological polar surface area (TPSA) is 35.2 Å². The highest BCUT2D eigenvalue weighted by Crippen LogP contribution is 2.40. The van der Waals surface area contributed by atoms with E-state index in [1.165, 1.54) is 31.2 Å². The third-order valence-corrected chi connectivity index (χ3v) is 3.79. The molecule has 0 saturated heterocycles. The van der Waals surface area contributed by atoms with Gasteiger partial charge in [-0.25, -0.2) is 0 Å². The molecule has 0 spiro atoms. The first-order valence-electron chi connectivity index (χ1n) is 6.63. The molecule has 0 aromatic heterocycles. The van der Waals surface area contributed by atoms with Crippen LogP contribution in [0.4, 0.5) is 0 Å². The van der Waals surface area contributed by atoms with Gasteiger partial charge in [0.25, 0.3) is 0 Å². The lowest BCUT2D eigenvalue weighted by Crippen LogP contribution is -2.31. The second kappa shape index (κ2) is 5.09. The largest absolute Gasteiger partial charge is 0.491 e. The smallest absolute Gasteiger partial charge is 0.119 e. The highest BCUT2D eigenvalue weighted by Gasteiger charge is 2.33. The van der Waals surface area contributed by atoms with Gasteiger partial charge in [-0.05, 0) is 44.4 Å². The Morgan fingerprint density at radius 3 is 2.24 bits per heavy atom. The molecule has 2 N–H and O–H groups in total. The molecular weight excluding hydrogens is 210 g/mol. The number of benzene rings is 1. The van der Waals surface area contributed by atoms with E-state index in [-0.39, 0.29) is 11.5 Å². The zero-order valence-electron chi connectivity index (χ0n) is 10.9. The molecule has 1 aliphatic carbocycles. The van der Waals surface area contributed by atoms with E-state index in [9.17, 15) is 0 Å². The summed E-state index contributed by atoms with van der Waals surface area (Å²) in [6.45, 7) is 4.86. The first-order chi connectivity index (χ1) is 8.16. The molecule has 0 amide bonds. The highest BCUT2D eigenvalue weighted by atomic mass is 16.5. The molecule has 2 nitrogen and oxygen atoms in total. The minimum atomic E-state index is 0.232. The van der Waals surface area contributed by atoms with Crippen molar-refractivity contribution in [1.82, 2.24) is 0 Å². The normalized spacial score (nSPS) is 18.6. The summed E-state index contributed by atoms with van der Waals surface area (Å²) in [6.07, 6.45) is 5.31. The van der Waals surface area contributed by atoms with Crippen molar-refractivity contribution in [3.05, 3.63) is 29.8 Å². The zero-order chi connectivity index (χ0) is 12.3. The van der Waals surface area contributed by atoms with Gasteiger partial charge in [-0.2, -0.15) is 0 Å². The molecule has 2 rings (SSSR count). The summed E-state index contributed by atoms with van der Waals surface area (Å²) in [6, 6.07) is 8.53. The second-order valence-electron chi connectivity index (χ2n) is 5.38. The molecule has 1 aromatic carbocycles. The van der Waals surface area contributed by atoms with Gasteiger partial charge in [0, 0.05) is 12.0 Å². The van der Waals surface area contributed by atoms with Gasteiger partial charge >= 0.3 is 0 Å². The number of nitrogens with two attached hydrogens (primary N) is 1. The summed E-state index contributed by atoms with van der Waals surface area (Å²) < 4.78 is 5.67. The Morgan fingerprint density at radius 2 is 1.76 bits per heavy atom. The van der Waals surface area contributed by atoms with Crippen LogP contribution in [0.15, 0.2) is 24.3 Å². The maximum atomic E-state index is 5.99. The summed E-state index contributed by atoms with van der Waals surface area (Å²) in [5, 5.41) is 0. The Balaban J connectivity index is 2.16. The van der Waals surface area contributed by atoms with Crippen LogP contribution in [-0.4, -0.2) is 12.6 Å². The maximum absolute atomic E-state index is 5.99. The van der Waals surface area contributed by atoms with Crippen LogP contribution in [0.3, 0.4) is 0 Å². The highest BCUT2D eigenvalue weighted by molar-refractivity contribution is 5.33. The van der Waals surface area contributed by atoms with Crippen LogP contribution < -0.4 is 10.5 Å². The molecule has 0 aliphatic heterocycles. The fourth-order valence-electron chi connectivity index (χ4n) is 2.82. The standard InChI is InChI=1S/C15H23NO/c1-12(2)17-14-7-5-13(6-8-14)15(11-16)9-3-4-10-15/h5-8,12H,3-4,9-11,16H2,1-2H3. The maximum Gasteiger partial charge on any atom is 0.119 e. The zero-order valence-corrected chi connectivity index (χ0v) is 10.9. The predicted molar refractivity (Wildman–Crippen MR) is 71.4 cm³/mol. The Kier molecular flexibility index (Phi) is 3.72. The van der Waals surface area contributed by atoms with E-state index in [0.717, 1.165) is 12.3 Å². The van der Waals surface area contributed by atoms with Crippen molar-refractivity contribution < 1.29 is 4.74 Å². The average Bonchev–Trinajstić information content (AvgIpc) is 2.79. The van der Waals surface area contributed by atoms with Crippen LogP contribution in [0, 0.1) is 0 Å². The summed E-state index contributed by atoms with van der Waals surface area (Å²) >= 11 is 0. The number of rotatable bonds is 4. The van der Waals surface area contributed by atoms with Gasteiger partial charge in [0.2, 0.25) is 0 Å². The molecule has 1 aliphatic rings. The van der Waals surface area contributed by atoms with Crippen molar-refractivity contribution in [1.29, 1.82) is 0 Å². The molecule has 94 valence electrons. The molecule has 1 saturated carbocycles. The van der Waals surface area contributed by atoms with Crippen LogP contribution in [0.25, 0.3) is 0 Å². The fraction of sp³-hybridized carbons (Fsp3) is 0.600. The lowest BCUT2D eigenvalue weighted by Gasteiger charge is -2.28. The van der Waals surface area contributed by atoms with Gasteiger partial charge in [-0.3, -0.25) is 0 Å². The molecule has 0 radical (unpaired) electrons. The van der Waals surface area contributed by atoms with E-state index in [1.807, 2.05) is 13.8 Å². The third kappa shape index (κ3) is 2.63. The van der Waals surface area contributed by atoms with E-state index in [1.54, 1.807) is 0 Å². The van der Waals surface area contributed by atoms with E-state index in [2.05, 4.69) is 24.3 Å². The predicted octanol–water partition coefficient (Wildman–Crippen LogP) is 3.24. The van der Waals surface area contributed by atoms with Crippen LogP contribution >= 0.6 is 0 Å². The Labute approximate surface area is 104 Å². The molecule has 17 heavy (non-hydrogen) atoms. The van der Waals surface area contributed by atoms with E-state index < -0.39 is 0 Å². The van der Waals surface area contributed by atoms with Gasteiger partial charge in [0.1, 0.15) is 5.75 Å². The van der Waals surface area contributed by atoms with Crippen molar-refractivity contribution in [3.63, 3.8) is 0 Å². The Morgan fingerprint density at radius 1 is 1.18 bits per heavy atom. The van der Waals surface area contributed by atoms with Gasteiger partial charge < -0.3 is 10.5 Å². The molecule has 1 aromatic rings. The second-order valence-corrected chi connectivity index (χ2v) is 5.38. The Hall–Kier alpha value is -1.02. The van der Waals surface area contributed by atoms with Crippen LogP contribution in [0.2, 0.25) is 0 Å². The van der Waals surface area contributed by atoms with Crippen molar-refractivity contribution in [2.75, 3.05) is 6.54 Å². The minimum absolute atomic E-state index is 0.232. The summed E-state index contributed by atoms with van der Waals surface area (Å²) in [5.74, 6) is 0.953. The van der Waals surface area contributed by atoms with Crippen molar-refractivity contribution >= 4 is 0 Å². The Bertz CT molecular complexity index is 350. The van der Waals surface area contributed by atoms with Gasteiger partial charge in [0.05, 0.1) is 6.10 Å². The quantitative estimate of drug-likeness (QED) is 0.866. The molecule has 2 heteroatoms. The molecule has 0 heterocycles. The molecule has 0 unspecified atom stereocenters. The lowest BCUT2D eigenvalue weighted by molar-refractivity contribution is 0.242. The molecule has 1 fully saturated rings. The van der Waals surface area contributed by atoms with Gasteiger partial charge in [-0.1, -0.05) is 25.0 Å². The first kappa shape index (κ1) is 12.4. The first-order valence-corrected chi connectivity index (χ1v) is 6.63. The number of ether oxygens (including phenoxy) is 1. The lowest BCUT2D eigenvalue weighted by atomic mass is 9.79. The number of hydrogen-bond acceptors (Lipinski definition) is 2. The molecule has 0 bridgehead atoms. The van der Waals surface area contributed by atoms with Gasteiger partial charge in [0.15, 0.2) is 0 Å². The summed E-state index contributed by atoms with van der Waals surface area (Å²) in [5.41, 5.74) is 7.60. The third-order valence-electron chi connectivity index (χ3n) is 3.79. The van der Waals surface area contributed by atoms with Crippen molar-refractivity contribution in [2.24, 2.45) is 5.73 Å². The number of hydrogen-bond donors (Lipinski definition) is 1. The summed E-state index contributed by atoms with van der Waals surface area (Å²) in [7, 11) is 0. The average molecular weight is 233 g/mol. The van der Waals surface area contributed by atoms with E-state index in [0.29, 0.717) is 0 Å².